The van der Waals surface area contributed by atoms with E-state index >= 15 is 0 Å². The summed E-state index contributed by atoms with van der Waals surface area (Å²) in [4.78, 5) is 11.7. The Bertz CT molecular complexity index is 613. The zero-order valence-electron chi connectivity index (χ0n) is 13.5. The average molecular weight is 315 g/mol. The van der Waals surface area contributed by atoms with Crippen LogP contribution in [0.2, 0.25) is 0 Å². The van der Waals surface area contributed by atoms with Crippen molar-refractivity contribution < 1.29 is 9.53 Å². The first-order chi connectivity index (χ1) is 11.2. The molecule has 0 unspecified atom stereocenters. The molecule has 122 valence electrons. The molecule has 0 atom stereocenters. The summed E-state index contributed by atoms with van der Waals surface area (Å²) >= 11 is 0. The van der Waals surface area contributed by atoms with E-state index in [0.29, 0.717) is 37.8 Å². The van der Waals surface area contributed by atoms with E-state index < -0.39 is 0 Å². The van der Waals surface area contributed by atoms with Crippen molar-refractivity contribution in [3.8, 4) is 11.4 Å². The lowest BCUT2D eigenvalue weighted by Gasteiger charge is -2.06. The molecule has 0 saturated carbocycles. The number of amides is 1. The zero-order valence-corrected chi connectivity index (χ0v) is 13.5. The molecular weight excluding hydrogens is 294 g/mol. The zero-order chi connectivity index (χ0) is 16.5. The van der Waals surface area contributed by atoms with Gasteiger partial charge < -0.3 is 10.1 Å². The van der Waals surface area contributed by atoms with E-state index in [1.54, 1.807) is 6.92 Å². The molecule has 0 fully saturated rings. The van der Waals surface area contributed by atoms with E-state index in [2.05, 4.69) is 25.7 Å². The van der Waals surface area contributed by atoms with Crippen LogP contribution in [0.3, 0.4) is 0 Å². The van der Waals surface area contributed by atoms with Crippen molar-refractivity contribution in [1.82, 2.24) is 25.7 Å². The van der Waals surface area contributed by atoms with E-state index in [-0.39, 0.29) is 5.91 Å². The van der Waals surface area contributed by atoms with Crippen molar-refractivity contribution in [3.05, 3.63) is 35.7 Å². The normalized spacial score (nSPS) is 10.5. The maximum absolute atomic E-state index is 11.7. The second kappa shape index (κ2) is 8.89. The third-order valence-electron chi connectivity index (χ3n) is 3.10. The third-order valence-corrected chi connectivity index (χ3v) is 3.10. The molecule has 2 aromatic rings. The summed E-state index contributed by atoms with van der Waals surface area (Å²) in [6.45, 7) is 5.42. The fourth-order valence-electron chi connectivity index (χ4n) is 1.87. The minimum Gasteiger partial charge on any atom is -0.381 e. The molecule has 2 rings (SSSR count). The van der Waals surface area contributed by atoms with Crippen LogP contribution in [0.15, 0.2) is 24.3 Å². The molecule has 0 aliphatic rings. The van der Waals surface area contributed by atoms with Gasteiger partial charge in [0, 0.05) is 25.1 Å². The van der Waals surface area contributed by atoms with Crippen molar-refractivity contribution in [2.75, 3.05) is 13.2 Å². The maximum Gasteiger partial charge on any atom is 0.222 e. The molecule has 1 heterocycles. The SMILES string of the molecule is CCCOCCC(=O)NCc1ccc(-c2nnc(C)nn2)cc1. The van der Waals surface area contributed by atoms with Gasteiger partial charge in [-0.15, -0.1) is 20.4 Å². The predicted molar refractivity (Wildman–Crippen MR) is 85.4 cm³/mol. The third kappa shape index (κ3) is 5.71. The number of benzene rings is 1. The number of aromatic nitrogens is 4. The average Bonchev–Trinajstić information content (AvgIpc) is 2.58. The lowest BCUT2D eigenvalue weighted by molar-refractivity contribution is -0.122. The number of hydrogen-bond acceptors (Lipinski definition) is 6. The van der Waals surface area contributed by atoms with Gasteiger partial charge in [-0.25, -0.2) is 0 Å². The first-order valence-corrected chi connectivity index (χ1v) is 7.67. The Balaban J connectivity index is 1.81. The van der Waals surface area contributed by atoms with Crippen LogP contribution in [0.4, 0.5) is 0 Å². The van der Waals surface area contributed by atoms with Gasteiger partial charge >= 0.3 is 0 Å². The molecule has 1 aromatic carbocycles. The van der Waals surface area contributed by atoms with Gasteiger partial charge in [0.25, 0.3) is 0 Å². The van der Waals surface area contributed by atoms with Gasteiger partial charge in [-0.1, -0.05) is 31.2 Å². The Labute approximate surface area is 135 Å². The fraction of sp³-hybridized carbons (Fsp3) is 0.438. The number of carbonyl (C=O) groups excluding carboxylic acids is 1. The number of ether oxygens (including phenoxy) is 1. The summed E-state index contributed by atoms with van der Waals surface area (Å²) in [7, 11) is 0. The summed E-state index contributed by atoms with van der Waals surface area (Å²) in [5.41, 5.74) is 1.85. The molecule has 0 spiro atoms. The van der Waals surface area contributed by atoms with Crippen LogP contribution in [-0.4, -0.2) is 39.5 Å². The van der Waals surface area contributed by atoms with Crippen molar-refractivity contribution in [1.29, 1.82) is 0 Å². The lowest BCUT2D eigenvalue weighted by atomic mass is 10.1. The van der Waals surface area contributed by atoms with Gasteiger partial charge in [0.2, 0.25) is 11.7 Å². The maximum atomic E-state index is 11.7. The van der Waals surface area contributed by atoms with Crippen molar-refractivity contribution in [3.63, 3.8) is 0 Å². The minimum atomic E-state index is -0.0135. The smallest absolute Gasteiger partial charge is 0.222 e. The molecule has 0 radical (unpaired) electrons. The number of aryl methyl sites for hydroxylation is 1. The Kier molecular flexibility index (Phi) is 6.56. The Morgan fingerprint density at radius 3 is 2.43 bits per heavy atom. The lowest BCUT2D eigenvalue weighted by Crippen LogP contribution is -2.23. The number of nitrogens with zero attached hydrogens (tertiary/aromatic N) is 4. The van der Waals surface area contributed by atoms with Crippen LogP contribution in [0.5, 0.6) is 0 Å². The molecule has 1 N–H and O–H groups in total. The molecule has 0 saturated heterocycles. The highest BCUT2D eigenvalue weighted by Crippen LogP contribution is 2.13. The number of carbonyl (C=O) groups is 1. The van der Waals surface area contributed by atoms with Crippen LogP contribution >= 0.6 is 0 Å². The minimum absolute atomic E-state index is 0.0135. The summed E-state index contributed by atoms with van der Waals surface area (Å²) < 4.78 is 5.29. The molecule has 0 aliphatic heterocycles. The van der Waals surface area contributed by atoms with Crippen LogP contribution in [0.25, 0.3) is 11.4 Å². The van der Waals surface area contributed by atoms with E-state index in [9.17, 15) is 4.79 Å². The molecule has 7 heteroatoms. The highest BCUT2D eigenvalue weighted by molar-refractivity contribution is 5.75. The Morgan fingerprint density at radius 2 is 1.78 bits per heavy atom. The van der Waals surface area contributed by atoms with E-state index in [1.165, 1.54) is 0 Å². The van der Waals surface area contributed by atoms with Crippen molar-refractivity contribution in [2.24, 2.45) is 0 Å². The van der Waals surface area contributed by atoms with Gasteiger partial charge in [-0.2, -0.15) is 0 Å². The summed E-state index contributed by atoms with van der Waals surface area (Å²) in [5.74, 6) is 1.01. The largest absolute Gasteiger partial charge is 0.381 e. The molecule has 0 bridgehead atoms. The van der Waals surface area contributed by atoms with Gasteiger partial charge in [0.05, 0.1) is 6.61 Å². The molecule has 1 amide bonds. The highest BCUT2D eigenvalue weighted by Gasteiger charge is 2.04. The molecular formula is C16H21N5O2. The molecule has 0 aliphatic carbocycles. The van der Waals surface area contributed by atoms with Crippen molar-refractivity contribution in [2.45, 2.75) is 33.2 Å². The Hall–Kier alpha value is -2.41. The first kappa shape index (κ1) is 17.0. The standard InChI is InChI=1S/C16H21N5O2/c1-3-9-23-10-8-15(22)17-11-13-4-6-14(7-5-13)16-20-18-12(2)19-21-16/h4-7H,3,8-11H2,1-2H3,(H,17,22). The molecule has 7 nitrogen and oxygen atoms in total. The van der Waals surface area contributed by atoms with Crippen LogP contribution < -0.4 is 5.32 Å². The quantitative estimate of drug-likeness (QED) is 0.745. The van der Waals surface area contributed by atoms with Crippen LogP contribution in [-0.2, 0) is 16.1 Å². The van der Waals surface area contributed by atoms with Crippen molar-refractivity contribution >= 4 is 5.91 Å². The Morgan fingerprint density at radius 1 is 1.09 bits per heavy atom. The van der Waals surface area contributed by atoms with Gasteiger partial charge in [-0.3, -0.25) is 4.79 Å². The first-order valence-electron chi connectivity index (χ1n) is 7.67. The van der Waals surface area contributed by atoms with Crippen LogP contribution in [0.1, 0.15) is 31.2 Å². The summed E-state index contributed by atoms with van der Waals surface area (Å²) in [5, 5.41) is 18.6. The topological polar surface area (TPSA) is 89.9 Å². The van der Waals surface area contributed by atoms with Gasteiger partial charge in [-0.05, 0) is 18.9 Å². The predicted octanol–water partition coefficient (Wildman–Crippen LogP) is 1.67. The number of nitrogens with one attached hydrogen (secondary N) is 1. The summed E-state index contributed by atoms with van der Waals surface area (Å²) in [6, 6.07) is 7.62. The van der Waals surface area contributed by atoms with E-state index in [1.807, 2.05) is 31.2 Å². The highest BCUT2D eigenvalue weighted by atomic mass is 16.5. The van der Waals surface area contributed by atoms with Gasteiger partial charge in [0.1, 0.15) is 0 Å². The second-order valence-corrected chi connectivity index (χ2v) is 5.11. The molecule has 1 aromatic heterocycles. The number of rotatable bonds is 8. The second-order valence-electron chi connectivity index (χ2n) is 5.11. The fourth-order valence-corrected chi connectivity index (χ4v) is 1.87. The van der Waals surface area contributed by atoms with Crippen LogP contribution in [0, 0.1) is 6.92 Å². The summed E-state index contributed by atoms with van der Waals surface area (Å²) in [6.07, 6.45) is 1.34. The van der Waals surface area contributed by atoms with E-state index in [0.717, 1.165) is 17.5 Å². The molecule has 23 heavy (non-hydrogen) atoms. The van der Waals surface area contributed by atoms with Gasteiger partial charge in [0.15, 0.2) is 5.82 Å². The monoisotopic (exact) mass is 315 g/mol. The van der Waals surface area contributed by atoms with E-state index in [4.69, 9.17) is 4.74 Å². The number of hydrogen-bond donors (Lipinski definition) is 1.